The fourth-order valence-corrected chi connectivity index (χ4v) is 4.12. The lowest BCUT2D eigenvalue weighted by molar-refractivity contribution is -0.117. The van der Waals surface area contributed by atoms with E-state index in [0.29, 0.717) is 12.4 Å². The van der Waals surface area contributed by atoms with Crippen LogP contribution in [-0.4, -0.2) is 20.5 Å². The summed E-state index contributed by atoms with van der Waals surface area (Å²) in [5, 5.41) is 7.72. The van der Waals surface area contributed by atoms with Gasteiger partial charge in [-0.15, -0.1) is 0 Å². The van der Waals surface area contributed by atoms with Gasteiger partial charge in [0.15, 0.2) is 5.78 Å². The standard InChI is InChI=1S/C21H20N4O2/c1-2-13-5-7-14(8-6-13)20-19-16(24-21-22-12-23-25(20)21)10-15(11-17(19)26)18-4-3-9-27-18/h3-9,12,15,20H,2,10-11H2,1H3,(H,22,23,24)/t15-,20+/m1/s1. The lowest BCUT2D eigenvalue weighted by Crippen LogP contribution is -2.33. The van der Waals surface area contributed by atoms with Crippen molar-refractivity contribution in [2.75, 3.05) is 5.32 Å². The van der Waals surface area contributed by atoms with Gasteiger partial charge in [0, 0.05) is 23.6 Å². The number of carbonyl (C=O) groups is 1. The van der Waals surface area contributed by atoms with Crippen LogP contribution in [0, 0.1) is 0 Å². The molecule has 3 aromatic rings. The van der Waals surface area contributed by atoms with E-state index in [1.165, 1.54) is 11.9 Å². The highest BCUT2D eigenvalue weighted by Crippen LogP contribution is 2.43. The average Bonchev–Trinajstić information content (AvgIpc) is 3.38. The summed E-state index contributed by atoms with van der Waals surface area (Å²) in [6.07, 6.45) is 5.35. The summed E-state index contributed by atoms with van der Waals surface area (Å²) in [6.45, 7) is 2.13. The summed E-state index contributed by atoms with van der Waals surface area (Å²) in [6, 6.07) is 12.0. The van der Waals surface area contributed by atoms with Gasteiger partial charge in [0.2, 0.25) is 5.95 Å². The first-order valence-electron chi connectivity index (χ1n) is 9.29. The number of fused-ring (bicyclic) bond motifs is 1. The van der Waals surface area contributed by atoms with Crippen molar-refractivity contribution < 1.29 is 9.21 Å². The second-order valence-electron chi connectivity index (χ2n) is 7.09. The van der Waals surface area contributed by atoms with Gasteiger partial charge in [0.25, 0.3) is 0 Å². The second-order valence-corrected chi connectivity index (χ2v) is 7.09. The third-order valence-electron chi connectivity index (χ3n) is 5.51. The highest BCUT2D eigenvalue weighted by Gasteiger charge is 2.39. The molecule has 2 aliphatic rings. The molecule has 1 aromatic carbocycles. The van der Waals surface area contributed by atoms with E-state index in [2.05, 4.69) is 46.6 Å². The molecule has 136 valence electrons. The highest BCUT2D eigenvalue weighted by molar-refractivity contribution is 6.00. The SMILES string of the molecule is CCc1ccc([C@H]2C3=C(C[C@@H](c4ccco4)CC3=O)Nc3ncnn32)cc1. The minimum atomic E-state index is -0.241. The lowest BCUT2D eigenvalue weighted by Gasteiger charge is -2.34. The number of aromatic nitrogens is 3. The maximum absolute atomic E-state index is 13.2. The Morgan fingerprint density at radius 2 is 2.07 bits per heavy atom. The Balaban J connectivity index is 1.60. The molecule has 6 nitrogen and oxygen atoms in total. The predicted octanol–water partition coefficient (Wildman–Crippen LogP) is 3.85. The molecular weight excluding hydrogens is 340 g/mol. The number of allylic oxidation sites excluding steroid dienone is 2. The van der Waals surface area contributed by atoms with Crippen molar-refractivity contribution in [2.45, 2.75) is 38.1 Å². The fraction of sp³-hybridized carbons (Fsp3) is 0.286. The van der Waals surface area contributed by atoms with E-state index in [1.54, 1.807) is 6.26 Å². The van der Waals surface area contributed by atoms with Crippen LogP contribution in [-0.2, 0) is 11.2 Å². The molecule has 0 saturated heterocycles. The van der Waals surface area contributed by atoms with E-state index in [4.69, 9.17) is 4.42 Å². The first-order valence-corrected chi connectivity index (χ1v) is 9.29. The van der Waals surface area contributed by atoms with Gasteiger partial charge in [0.1, 0.15) is 18.1 Å². The minimum absolute atomic E-state index is 0.0522. The topological polar surface area (TPSA) is 73.0 Å². The molecule has 3 heterocycles. The monoisotopic (exact) mass is 360 g/mol. The highest BCUT2D eigenvalue weighted by atomic mass is 16.3. The maximum atomic E-state index is 13.2. The largest absolute Gasteiger partial charge is 0.469 e. The van der Waals surface area contributed by atoms with Gasteiger partial charge in [-0.3, -0.25) is 4.79 Å². The Kier molecular flexibility index (Phi) is 3.70. The predicted molar refractivity (Wildman–Crippen MR) is 100 cm³/mol. The summed E-state index contributed by atoms with van der Waals surface area (Å²) >= 11 is 0. The van der Waals surface area contributed by atoms with Crippen LogP contribution in [0.4, 0.5) is 5.95 Å². The summed E-state index contributed by atoms with van der Waals surface area (Å²) in [5.74, 6) is 1.71. The van der Waals surface area contributed by atoms with Crippen molar-refractivity contribution in [3.63, 3.8) is 0 Å². The molecule has 0 bridgehead atoms. The molecule has 0 spiro atoms. The van der Waals surface area contributed by atoms with E-state index in [9.17, 15) is 4.79 Å². The van der Waals surface area contributed by atoms with E-state index in [0.717, 1.165) is 35.4 Å². The van der Waals surface area contributed by atoms with Crippen molar-refractivity contribution in [3.05, 3.63) is 77.1 Å². The molecule has 0 radical (unpaired) electrons. The molecule has 1 aliphatic carbocycles. The van der Waals surface area contributed by atoms with E-state index in [-0.39, 0.29) is 17.7 Å². The number of nitrogens with zero attached hydrogens (tertiary/aromatic N) is 3. The summed E-state index contributed by atoms with van der Waals surface area (Å²) < 4.78 is 7.37. The molecule has 0 amide bonds. The zero-order valence-electron chi connectivity index (χ0n) is 15.1. The number of furan rings is 1. The maximum Gasteiger partial charge on any atom is 0.226 e. The quantitative estimate of drug-likeness (QED) is 0.768. The van der Waals surface area contributed by atoms with Gasteiger partial charge in [-0.2, -0.15) is 10.1 Å². The van der Waals surface area contributed by atoms with Crippen LogP contribution in [0.25, 0.3) is 0 Å². The first-order chi connectivity index (χ1) is 13.2. The molecule has 0 saturated carbocycles. The first kappa shape index (κ1) is 16.1. The van der Waals surface area contributed by atoms with Crippen LogP contribution in [0.1, 0.15) is 48.6 Å². The van der Waals surface area contributed by atoms with Crippen LogP contribution < -0.4 is 5.32 Å². The van der Waals surface area contributed by atoms with Crippen LogP contribution in [0.3, 0.4) is 0 Å². The van der Waals surface area contributed by atoms with Crippen LogP contribution in [0.15, 0.2) is 64.7 Å². The Bertz CT molecular complexity index is 1010. The number of nitrogens with one attached hydrogen (secondary N) is 1. The van der Waals surface area contributed by atoms with Crippen molar-refractivity contribution in [3.8, 4) is 0 Å². The van der Waals surface area contributed by atoms with Crippen LogP contribution in [0.2, 0.25) is 0 Å². The third-order valence-corrected chi connectivity index (χ3v) is 5.51. The normalized spacial score (nSPS) is 21.6. The molecular formula is C21H20N4O2. The fourth-order valence-electron chi connectivity index (χ4n) is 4.12. The Hall–Kier alpha value is -3.15. The van der Waals surface area contributed by atoms with Crippen molar-refractivity contribution >= 4 is 11.7 Å². The van der Waals surface area contributed by atoms with Gasteiger partial charge in [0.05, 0.1) is 6.26 Å². The smallest absolute Gasteiger partial charge is 0.226 e. The number of aryl methyl sites for hydroxylation is 1. The van der Waals surface area contributed by atoms with E-state index >= 15 is 0 Å². The molecule has 2 aromatic heterocycles. The van der Waals surface area contributed by atoms with Gasteiger partial charge < -0.3 is 9.73 Å². The van der Waals surface area contributed by atoms with Crippen LogP contribution >= 0.6 is 0 Å². The zero-order valence-corrected chi connectivity index (χ0v) is 15.1. The summed E-state index contributed by atoms with van der Waals surface area (Å²) in [4.78, 5) is 17.5. The van der Waals surface area contributed by atoms with E-state index < -0.39 is 0 Å². The third kappa shape index (κ3) is 2.60. The number of Topliss-reactive ketones (excluding diaryl/α,β-unsaturated/α-hetero) is 1. The summed E-state index contributed by atoms with van der Waals surface area (Å²) in [7, 11) is 0. The molecule has 0 unspecified atom stereocenters. The molecule has 1 aliphatic heterocycles. The van der Waals surface area contributed by atoms with Gasteiger partial charge >= 0.3 is 0 Å². The average molecular weight is 360 g/mol. The second kappa shape index (κ2) is 6.23. The number of rotatable bonds is 3. The molecule has 0 fully saturated rings. The molecule has 2 atom stereocenters. The zero-order chi connectivity index (χ0) is 18.4. The Labute approximate surface area is 156 Å². The number of benzene rings is 1. The summed E-state index contributed by atoms with van der Waals surface area (Å²) in [5.41, 5.74) is 4.05. The molecule has 27 heavy (non-hydrogen) atoms. The molecule has 1 N–H and O–H groups in total. The molecule has 6 heteroatoms. The van der Waals surface area contributed by atoms with Crippen LogP contribution in [0.5, 0.6) is 0 Å². The number of carbonyl (C=O) groups excluding carboxylic acids is 1. The van der Waals surface area contributed by atoms with E-state index in [1.807, 2.05) is 16.8 Å². The number of hydrogen-bond acceptors (Lipinski definition) is 5. The van der Waals surface area contributed by atoms with Crippen molar-refractivity contribution in [1.82, 2.24) is 14.8 Å². The number of ketones is 1. The van der Waals surface area contributed by atoms with Gasteiger partial charge in [-0.25, -0.2) is 4.68 Å². The Morgan fingerprint density at radius 1 is 1.22 bits per heavy atom. The van der Waals surface area contributed by atoms with Crippen molar-refractivity contribution in [2.24, 2.45) is 0 Å². The molecule has 5 rings (SSSR count). The number of hydrogen-bond donors (Lipinski definition) is 1. The van der Waals surface area contributed by atoms with Gasteiger partial charge in [-0.1, -0.05) is 31.2 Å². The van der Waals surface area contributed by atoms with Crippen molar-refractivity contribution in [1.29, 1.82) is 0 Å². The number of anilines is 1. The lowest BCUT2D eigenvalue weighted by atomic mass is 9.79. The van der Waals surface area contributed by atoms with Gasteiger partial charge in [-0.05, 0) is 36.1 Å². The minimum Gasteiger partial charge on any atom is -0.469 e. The Morgan fingerprint density at radius 3 is 2.81 bits per heavy atom.